The fraction of sp³-hybridized carbons (Fsp3) is 0.143. The first-order valence-electron chi connectivity index (χ1n) is 3.02. The Hall–Kier alpha value is -0.250. The van der Waals surface area contributed by atoms with Crippen LogP contribution in [0.3, 0.4) is 0 Å². The van der Waals surface area contributed by atoms with Gasteiger partial charge in [-0.15, -0.1) is 0 Å². The molecule has 0 radical (unpaired) electrons. The van der Waals surface area contributed by atoms with E-state index in [1.807, 2.05) is 0 Å². The molecular formula is C7H8Cl2O2S. The maximum Gasteiger partial charge on any atom is 0.261 e. The van der Waals surface area contributed by atoms with E-state index in [-0.39, 0.29) is 4.91 Å². The number of allylic oxidation sites excluding steroid dienone is 4. The second kappa shape index (κ2) is 4.70. The molecule has 0 N–H and O–H groups in total. The molecule has 5 heteroatoms. The third-order valence-electron chi connectivity index (χ3n) is 1.04. The topological polar surface area (TPSA) is 34.1 Å². The van der Waals surface area contributed by atoms with Crippen LogP contribution >= 0.6 is 22.3 Å². The summed E-state index contributed by atoms with van der Waals surface area (Å²) in [7, 11) is 1.32. The number of hydrogen-bond donors (Lipinski definition) is 0. The second-order valence-electron chi connectivity index (χ2n) is 1.86. The Kier molecular flexibility index (Phi) is 4.60. The number of rotatable bonds is 3. The maximum atomic E-state index is 10.8. The summed E-state index contributed by atoms with van der Waals surface area (Å²) in [6.07, 6.45) is 3.91. The zero-order valence-electron chi connectivity index (χ0n) is 6.42. The van der Waals surface area contributed by atoms with Crippen LogP contribution in [0.25, 0.3) is 0 Å². The van der Waals surface area contributed by atoms with E-state index in [9.17, 15) is 8.42 Å². The Morgan fingerprint density at radius 1 is 1.50 bits per heavy atom. The van der Waals surface area contributed by atoms with E-state index >= 15 is 0 Å². The molecule has 0 aliphatic heterocycles. The highest BCUT2D eigenvalue weighted by atomic mass is 35.7. The van der Waals surface area contributed by atoms with Crippen LogP contribution in [-0.4, -0.2) is 8.42 Å². The molecule has 0 aliphatic carbocycles. The minimum absolute atomic E-state index is 0.104. The lowest BCUT2D eigenvalue weighted by molar-refractivity contribution is 0.615. The predicted octanol–water partition coefficient (Wildman–Crippen LogP) is 2.77. The Labute approximate surface area is 81.6 Å². The monoisotopic (exact) mass is 226 g/mol. The average Bonchev–Trinajstić information content (AvgIpc) is 1.97. The molecular weight excluding hydrogens is 219 g/mol. The molecule has 0 aliphatic rings. The summed E-state index contributed by atoms with van der Waals surface area (Å²) in [5, 5.41) is 0.300. The van der Waals surface area contributed by atoms with Crippen molar-refractivity contribution in [1.82, 2.24) is 0 Å². The summed E-state index contributed by atoms with van der Waals surface area (Å²) in [5.41, 5.74) is 0. The third-order valence-corrected chi connectivity index (χ3v) is 2.75. The van der Waals surface area contributed by atoms with Crippen molar-refractivity contribution in [3.63, 3.8) is 0 Å². The van der Waals surface area contributed by atoms with Crippen LogP contribution in [-0.2, 0) is 9.05 Å². The molecule has 0 aromatic carbocycles. The van der Waals surface area contributed by atoms with Gasteiger partial charge in [-0.1, -0.05) is 24.3 Å². The third kappa shape index (κ3) is 3.95. The highest BCUT2D eigenvalue weighted by molar-refractivity contribution is 8.17. The van der Waals surface area contributed by atoms with Crippen molar-refractivity contribution < 1.29 is 8.42 Å². The van der Waals surface area contributed by atoms with E-state index in [2.05, 4.69) is 6.58 Å². The van der Waals surface area contributed by atoms with Gasteiger partial charge in [0, 0.05) is 15.7 Å². The first-order chi connectivity index (χ1) is 5.41. The molecule has 2 nitrogen and oxygen atoms in total. The van der Waals surface area contributed by atoms with Gasteiger partial charge in [0.25, 0.3) is 9.05 Å². The Morgan fingerprint density at radius 3 is 2.25 bits per heavy atom. The van der Waals surface area contributed by atoms with Crippen molar-refractivity contribution in [2.24, 2.45) is 0 Å². The highest BCUT2D eigenvalue weighted by Gasteiger charge is 2.09. The van der Waals surface area contributed by atoms with Crippen LogP contribution in [0.1, 0.15) is 6.92 Å². The van der Waals surface area contributed by atoms with Gasteiger partial charge >= 0.3 is 0 Å². The average molecular weight is 227 g/mol. The lowest BCUT2D eigenvalue weighted by atomic mass is 10.4. The molecule has 0 aromatic heterocycles. The molecule has 0 saturated heterocycles. The van der Waals surface area contributed by atoms with Crippen LogP contribution in [0, 0.1) is 0 Å². The Bertz CT molecular complexity index is 325. The summed E-state index contributed by atoms with van der Waals surface area (Å²) < 4.78 is 21.5. The van der Waals surface area contributed by atoms with Gasteiger partial charge in [-0.25, -0.2) is 8.42 Å². The van der Waals surface area contributed by atoms with Crippen LogP contribution in [0.15, 0.2) is 34.7 Å². The van der Waals surface area contributed by atoms with Crippen LogP contribution < -0.4 is 0 Å². The molecule has 0 spiro atoms. The first kappa shape index (κ1) is 11.8. The lowest BCUT2D eigenvalue weighted by Crippen LogP contribution is -1.90. The highest BCUT2D eigenvalue weighted by Crippen LogP contribution is 2.16. The zero-order chi connectivity index (χ0) is 9.78. The fourth-order valence-corrected chi connectivity index (χ4v) is 1.42. The molecule has 0 amide bonds. The summed E-state index contributed by atoms with van der Waals surface area (Å²) in [6.45, 7) is 4.98. The molecule has 0 heterocycles. The molecule has 0 atom stereocenters. The molecule has 0 aromatic rings. The molecule has 0 bridgehead atoms. The van der Waals surface area contributed by atoms with Gasteiger partial charge in [0.05, 0.1) is 4.91 Å². The van der Waals surface area contributed by atoms with E-state index in [1.54, 1.807) is 13.0 Å². The van der Waals surface area contributed by atoms with E-state index in [0.29, 0.717) is 5.03 Å². The normalized spacial score (nSPS) is 14.6. The smallest absolute Gasteiger partial charge is 0.207 e. The largest absolute Gasteiger partial charge is 0.261 e. The minimum atomic E-state index is -3.73. The van der Waals surface area contributed by atoms with Crippen LogP contribution in [0.5, 0.6) is 0 Å². The minimum Gasteiger partial charge on any atom is -0.207 e. The summed E-state index contributed by atoms with van der Waals surface area (Å²) in [5.74, 6) is 0. The van der Waals surface area contributed by atoms with E-state index in [4.69, 9.17) is 22.3 Å². The molecule has 0 saturated carbocycles. The van der Waals surface area contributed by atoms with Crippen molar-refractivity contribution in [3.05, 3.63) is 34.7 Å². The molecule has 68 valence electrons. The second-order valence-corrected chi connectivity index (χ2v) is 4.86. The molecule has 0 unspecified atom stereocenters. The standard InChI is InChI=1S/C7H8Cl2O2S/c1-3-6(8)5-7(4-2)12(9,10)11/h3-5H,2H2,1H3/b6-3+,7-5+. The Morgan fingerprint density at radius 2 is 2.00 bits per heavy atom. The van der Waals surface area contributed by atoms with Crippen LogP contribution in [0.2, 0.25) is 0 Å². The van der Waals surface area contributed by atoms with Crippen molar-refractivity contribution in [1.29, 1.82) is 0 Å². The SMILES string of the molecule is C=C/C(=C\C(Cl)=C/C)S(=O)(=O)Cl. The Balaban J connectivity index is 5.08. The van der Waals surface area contributed by atoms with E-state index in [0.717, 1.165) is 6.08 Å². The van der Waals surface area contributed by atoms with Gasteiger partial charge in [-0.2, -0.15) is 0 Å². The van der Waals surface area contributed by atoms with E-state index in [1.165, 1.54) is 6.08 Å². The molecule has 0 rings (SSSR count). The zero-order valence-corrected chi connectivity index (χ0v) is 8.75. The molecule has 12 heavy (non-hydrogen) atoms. The first-order valence-corrected chi connectivity index (χ1v) is 5.71. The quantitative estimate of drug-likeness (QED) is 0.548. The summed E-state index contributed by atoms with van der Waals surface area (Å²) in [4.78, 5) is -0.104. The van der Waals surface area contributed by atoms with E-state index < -0.39 is 9.05 Å². The van der Waals surface area contributed by atoms with Gasteiger partial charge < -0.3 is 0 Å². The predicted molar refractivity (Wildman–Crippen MR) is 52.7 cm³/mol. The fourth-order valence-electron chi connectivity index (χ4n) is 0.448. The van der Waals surface area contributed by atoms with Gasteiger partial charge in [-0.3, -0.25) is 0 Å². The van der Waals surface area contributed by atoms with Gasteiger partial charge in [0.2, 0.25) is 0 Å². The van der Waals surface area contributed by atoms with Gasteiger partial charge in [0.1, 0.15) is 0 Å². The summed E-state index contributed by atoms with van der Waals surface area (Å²) >= 11 is 5.56. The van der Waals surface area contributed by atoms with Crippen molar-refractivity contribution in [2.75, 3.05) is 0 Å². The van der Waals surface area contributed by atoms with Gasteiger partial charge in [0.15, 0.2) is 0 Å². The number of hydrogen-bond acceptors (Lipinski definition) is 2. The summed E-state index contributed by atoms with van der Waals surface area (Å²) in [6, 6.07) is 0. The van der Waals surface area contributed by atoms with Gasteiger partial charge in [-0.05, 0) is 19.1 Å². The van der Waals surface area contributed by atoms with Crippen molar-refractivity contribution in [3.8, 4) is 0 Å². The molecule has 0 fully saturated rings. The maximum absolute atomic E-state index is 10.8. The lowest BCUT2D eigenvalue weighted by Gasteiger charge is -1.94. The number of halogens is 2. The van der Waals surface area contributed by atoms with Crippen molar-refractivity contribution >= 4 is 31.3 Å². The van der Waals surface area contributed by atoms with Crippen LogP contribution in [0.4, 0.5) is 0 Å². The van der Waals surface area contributed by atoms with Crippen molar-refractivity contribution in [2.45, 2.75) is 6.92 Å².